The summed E-state index contributed by atoms with van der Waals surface area (Å²) in [7, 11) is 4.00. The van der Waals surface area contributed by atoms with Gasteiger partial charge in [-0.2, -0.15) is 5.26 Å². The molecule has 0 fully saturated rings. The molecule has 1 unspecified atom stereocenters. The first-order chi connectivity index (χ1) is 7.19. The van der Waals surface area contributed by atoms with Gasteiger partial charge in [-0.1, -0.05) is 19.1 Å². The van der Waals surface area contributed by atoms with E-state index in [1.54, 1.807) is 0 Å². The third-order valence-electron chi connectivity index (χ3n) is 2.28. The summed E-state index contributed by atoms with van der Waals surface area (Å²) >= 11 is 0. The predicted octanol–water partition coefficient (Wildman–Crippen LogP) is 1.93. The van der Waals surface area contributed by atoms with Crippen molar-refractivity contribution in [1.82, 2.24) is 5.32 Å². The molecule has 1 N–H and O–H groups in total. The summed E-state index contributed by atoms with van der Waals surface area (Å²) in [4.78, 5) is 2.04. The highest BCUT2D eigenvalue weighted by molar-refractivity contribution is 5.47. The van der Waals surface area contributed by atoms with Gasteiger partial charge in [-0.05, 0) is 24.2 Å². The summed E-state index contributed by atoms with van der Waals surface area (Å²) in [6.07, 6.45) is 0. The zero-order valence-electron chi connectivity index (χ0n) is 9.49. The molecule has 0 saturated carbocycles. The molecule has 0 aliphatic heterocycles. The Bertz CT molecular complexity index is 335. The van der Waals surface area contributed by atoms with Crippen LogP contribution in [0.2, 0.25) is 0 Å². The zero-order chi connectivity index (χ0) is 11.3. The van der Waals surface area contributed by atoms with Gasteiger partial charge in [-0.15, -0.1) is 0 Å². The standard InChI is InChI=1S/C12H17N3/c1-4-14-12(9-13)10-5-7-11(8-6-10)15(2)3/h5-8,12,14H,4H2,1-3H3. The van der Waals surface area contributed by atoms with E-state index < -0.39 is 0 Å². The Balaban J connectivity index is 2.83. The van der Waals surface area contributed by atoms with Crippen LogP contribution in [0.3, 0.4) is 0 Å². The Labute approximate surface area is 91.3 Å². The quantitative estimate of drug-likeness (QED) is 0.812. The van der Waals surface area contributed by atoms with Crippen LogP contribution < -0.4 is 10.2 Å². The number of anilines is 1. The summed E-state index contributed by atoms with van der Waals surface area (Å²) in [6, 6.07) is 10.1. The molecule has 1 rings (SSSR count). The molecule has 0 saturated heterocycles. The number of nitrogens with one attached hydrogen (secondary N) is 1. The van der Waals surface area contributed by atoms with Crippen molar-refractivity contribution >= 4 is 5.69 Å². The third-order valence-corrected chi connectivity index (χ3v) is 2.28. The number of nitriles is 1. The van der Waals surface area contributed by atoms with E-state index >= 15 is 0 Å². The topological polar surface area (TPSA) is 39.1 Å². The Morgan fingerprint density at radius 2 is 1.93 bits per heavy atom. The number of nitrogens with zero attached hydrogens (tertiary/aromatic N) is 2. The average Bonchev–Trinajstić information content (AvgIpc) is 2.26. The van der Waals surface area contributed by atoms with Crippen molar-refractivity contribution in [3.63, 3.8) is 0 Å². The van der Waals surface area contributed by atoms with Crippen molar-refractivity contribution in [2.24, 2.45) is 0 Å². The van der Waals surface area contributed by atoms with E-state index in [4.69, 9.17) is 5.26 Å². The van der Waals surface area contributed by atoms with E-state index in [-0.39, 0.29) is 6.04 Å². The molecule has 80 valence electrons. The minimum Gasteiger partial charge on any atom is -0.378 e. The maximum absolute atomic E-state index is 8.97. The largest absolute Gasteiger partial charge is 0.378 e. The molecule has 0 spiro atoms. The molecule has 1 atom stereocenters. The van der Waals surface area contributed by atoms with E-state index in [9.17, 15) is 0 Å². The first-order valence-corrected chi connectivity index (χ1v) is 5.09. The van der Waals surface area contributed by atoms with Crippen LogP contribution in [0.1, 0.15) is 18.5 Å². The molecule has 0 aliphatic carbocycles. The van der Waals surface area contributed by atoms with Crippen LogP contribution in [0.5, 0.6) is 0 Å². The molecule has 1 aromatic rings. The predicted molar refractivity (Wildman–Crippen MR) is 62.8 cm³/mol. The second-order valence-electron chi connectivity index (χ2n) is 3.61. The van der Waals surface area contributed by atoms with Gasteiger partial charge in [-0.3, -0.25) is 5.32 Å². The second kappa shape index (κ2) is 5.38. The number of hydrogen-bond donors (Lipinski definition) is 1. The van der Waals surface area contributed by atoms with Crippen molar-refractivity contribution in [3.8, 4) is 6.07 Å². The molecular formula is C12H17N3. The lowest BCUT2D eigenvalue weighted by Gasteiger charge is -2.14. The molecule has 3 heteroatoms. The summed E-state index contributed by atoms with van der Waals surface area (Å²) in [6.45, 7) is 2.80. The summed E-state index contributed by atoms with van der Waals surface area (Å²) in [5, 5.41) is 12.1. The molecule has 0 bridgehead atoms. The van der Waals surface area contributed by atoms with E-state index in [1.807, 2.05) is 50.2 Å². The molecule has 0 amide bonds. The number of benzene rings is 1. The van der Waals surface area contributed by atoms with Gasteiger partial charge in [0.25, 0.3) is 0 Å². The lowest BCUT2D eigenvalue weighted by Crippen LogP contribution is -2.19. The maximum atomic E-state index is 8.97. The molecule has 0 radical (unpaired) electrons. The van der Waals surface area contributed by atoms with E-state index in [0.717, 1.165) is 17.8 Å². The van der Waals surface area contributed by atoms with Crippen molar-refractivity contribution in [1.29, 1.82) is 5.26 Å². The van der Waals surface area contributed by atoms with E-state index in [1.165, 1.54) is 0 Å². The lowest BCUT2D eigenvalue weighted by molar-refractivity contribution is 0.658. The first kappa shape index (κ1) is 11.5. The second-order valence-corrected chi connectivity index (χ2v) is 3.61. The smallest absolute Gasteiger partial charge is 0.121 e. The van der Waals surface area contributed by atoms with Gasteiger partial charge in [0.2, 0.25) is 0 Å². The SMILES string of the molecule is CCNC(C#N)c1ccc(N(C)C)cc1. The Morgan fingerprint density at radius 3 is 2.33 bits per heavy atom. The van der Waals surface area contributed by atoms with Crippen molar-refractivity contribution in [2.75, 3.05) is 25.5 Å². The van der Waals surface area contributed by atoms with Crippen LogP contribution in [0, 0.1) is 11.3 Å². The van der Waals surface area contributed by atoms with Crippen molar-refractivity contribution in [3.05, 3.63) is 29.8 Å². The summed E-state index contributed by atoms with van der Waals surface area (Å²) in [5.74, 6) is 0. The first-order valence-electron chi connectivity index (χ1n) is 5.09. The molecule has 0 heterocycles. The van der Waals surface area contributed by atoms with Crippen molar-refractivity contribution < 1.29 is 0 Å². The Morgan fingerprint density at radius 1 is 1.33 bits per heavy atom. The fourth-order valence-corrected chi connectivity index (χ4v) is 1.41. The molecule has 1 aromatic carbocycles. The number of hydrogen-bond acceptors (Lipinski definition) is 3. The normalized spacial score (nSPS) is 11.9. The van der Waals surface area contributed by atoms with Crippen molar-refractivity contribution in [2.45, 2.75) is 13.0 Å². The fraction of sp³-hybridized carbons (Fsp3) is 0.417. The van der Waals surface area contributed by atoms with Gasteiger partial charge in [0.1, 0.15) is 6.04 Å². The molecule has 0 aromatic heterocycles. The molecule has 15 heavy (non-hydrogen) atoms. The zero-order valence-corrected chi connectivity index (χ0v) is 9.49. The van der Waals surface area contributed by atoms with Gasteiger partial charge >= 0.3 is 0 Å². The van der Waals surface area contributed by atoms with Gasteiger partial charge < -0.3 is 4.90 Å². The highest BCUT2D eigenvalue weighted by Gasteiger charge is 2.07. The molecule has 0 aliphatic rings. The third kappa shape index (κ3) is 2.97. The maximum Gasteiger partial charge on any atom is 0.121 e. The lowest BCUT2D eigenvalue weighted by atomic mass is 10.1. The van der Waals surface area contributed by atoms with Crippen LogP contribution in [-0.4, -0.2) is 20.6 Å². The highest BCUT2D eigenvalue weighted by Crippen LogP contribution is 2.17. The van der Waals surface area contributed by atoms with E-state index in [2.05, 4.69) is 11.4 Å². The van der Waals surface area contributed by atoms with Crippen LogP contribution in [0.15, 0.2) is 24.3 Å². The monoisotopic (exact) mass is 203 g/mol. The van der Waals surface area contributed by atoms with Crippen LogP contribution in [0.4, 0.5) is 5.69 Å². The van der Waals surface area contributed by atoms with Gasteiger partial charge in [0, 0.05) is 19.8 Å². The Kier molecular flexibility index (Phi) is 4.14. The van der Waals surface area contributed by atoms with Crippen LogP contribution in [0.25, 0.3) is 0 Å². The molecule has 3 nitrogen and oxygen atoms in total. The van der Waals surface area contributed by atoms with Gasteiger partial charge in [0.15, 0.2) is 0 Å². The van der Waals surface area contributed by atoms with Gasteiger partial charge in [-0.25, -0.2) is 0 Å². The van der Waals surface area contributed by atoms with Gasteiger partial charge in [0.05, 0.1) is 6.07 Å². The minimum atomic E-state index is -0.203. The highest BCUT2D eigenvalue weighted by atomic mass is 15.1. The Hall–Kier alpha value is -1.53. The minimum absolute atomic E-state index is 0.203. The summed E-state index contributed by atoms with van der Waals surface area (Å²) < 4.78 is 0. The van der Waals surface area contributed by atoms with E-state index in [0.29, 0.717) is 0 Å². The van der Waals surface area contributed by atoms with Crippen LogP contribution >= 0.6 is 0 Å². The molecular weight excluding hydrogens is 186 g/mol. The average molecular weight is 203 g/mol. The van der Waals surface area contributed by atoms with Crippen LogP contribution in [-0.2, 0) is 0 Å². The fourth-order valence-electron chi connectivity index (χ4n) is 1.41. The summed E-state index contributed by atoms with van der Waals surface area (Å²) in [5.41, 5.74) is 2.16. The number of rotatable bonds is 4.